The molecule has 0 aliphatic carbocycles. The highest BCUT2D eigenvalue weighted by Crippen LogP contribution is 2.46. The van der Waals surface area contributed by atoms with Crippen molar-refractivity contribution in [1.29, 1.82) is 0 Å². The van der Waals surface area contributed by atoms with Gasteiger partial charge >= 0.3 is 7.12 Å². The maximum atomic E-state index is 11.4. The average molecular weight is 302 g/mol. The molecule has 0 aromatic heterocycles. The molecule has 3 nitrogen and oxygen atoms in total. The van der Waals surface area contributed by atoms with Crippen LogP contribution in [-0.4, -0.2) is 24.1 Å². The van der Waals surface area contributed by atoms with Gasteiger partial charge in [0.25, 0.3) is 0 Å². The Morgan fingerprint density at radius 2 is 1.32 bits per heavy atom. The normalized spacial score (nSPS) is 19.4. The van der Waals surface area contributed by atoms with Crippen molar-refractivity contribution in [3.05, 3.63) is 29.8 Å². The molecule has 1 aliphatic heterocycles. The third kappa shape index (κ3) is 2.63. The van der Waals surface area contributed by atoms with Crippen LogP contribution in [0.15, 0.2) is 24.3 Å². The van der Waals surface area contributed by atoms with E-state index >= 15 is 0 Å². The minimum Gasteiger partial charge on any atom is -0.399 e. The molecule has 2 rings (SSSR count). The summed E-state index contributed by atoms with van der Waals surface area (Å²) in [5.74, 6) is 0.0766. The lowest BCUT2D eigenvalue weighted by Gasteiger charge is -2.42. The maximum absolute atomic E-state index is 11.4. The molecule has 0 bridgehead atoms. The molecule has 1 aromatic carbocycles. The topological polar surface area (TPSA) is 35.5 Å². The van der Waals surface area contributed by atoms with Crippen molar-refractivity contribution in [2.75, 3.05) is 0 Å². The van der Waals surface area contributed by atoms with Crippen LogP contribution in [0.4, 0.5) is 0 Å². The summed E-state index contributed by atoms with van der Waals surface area (Å²) in [6.07, 6.45) is 3.75. The van der Waals surface area contributed by atoms with Crippen molar-refractivity contribution >= 4 is 18.4 Å². The van der Waals surface area contributed by atoms with E-state index in [1.165, 1.54) is 0 Å². The summed E-state index contributed by atoms with van der Waals surface area (Å²) < 4.78 is 12.8. The van der Waals surface area contributed by atoms with Gasteiger partial charge in [0.1, 0.15) is 0 Å². The van der Waals surface area contributed by atoms with Crippen molar-refractivity contribution in [3.63, 3.8) is 0 Å². The van der Waals surface area contributed by atoms with Gasteiger partial charge in [0, 0.05) is 5.56 Å². The average Bonchev–Trinajstić information content (AvgIpc) is 2.90. The molecule has 120 valence electrons. The number of benzene rings is 1. The first-order valence-corrected chi connectivity index (χ1v) is 8.44. The zero-order chi connectivity index (χ0) is 16.4. The van der Waals surface area contributed by atoms with Crippen LogP contribution in [0.1, 0.15) is 70.7 Å². The van der Waals surface area contributed by atoms with Crippen molar-refractivity contribution in [2.24, 2.45) is 0 Å². The fourth-order valence-electron chi connectivity index (χ4n) is 3.78. The summed E-state index contributed by atoms with van der Waals surface area (Å²) in [5.41, 5.74) is 1.23. The van der Waals surface area contributed by atoms with Crippen molar-refractivity contribution in [2.45, 2.75) is 71.5 Å². The Morgan fingerprint density at radius 3 is 1.64 bits per heavy atom. The zero-order valence-corrected chi connectivity index (χ0v) is 14.4. The van der Waals surface area contributed by atoms with Gasteiger partial charge in [-0.15, -0.1) is 0 Å². The van der Waals surface area contributed by atoms with Gasteiger partial charge in [-0.1, -0.05) is 52.0 Å². The van der Waals surface area contributed by atoms with E-state index in [1.54, 1.807) is 6.92 Å². The molecule has 0 atom stereocenters. The number of rotatable bonds is 6. The Morgan fingerprint density at radius 1 is 0.909 bits per heavy atom. The Labute approximate surface area is 134 Å². The van der Waals surface area contributed by atoms with Crippen LogP contribution < -0.4 is 5.46 Å². The molecule has 22 heavy (non-hydrogen) atoms. The van der Waals surface area contributed by atoms with E-state index in [4.69, 9.17) is 9.31 Å². The second-order valence-corrected chi connectivity index (χ2v) is 6.15. The van der Waals surface area contributed by atoms with Crippen LogP contribution in [0.25, 0.3) is 0 Å². The first-order chi connectivity index (χ1) is 10.5. The van der Waals surface area contributed by atoms with Gasteiger partial charge in [0.15, 0.2) is 5.78 Å². The number of carbonyl (C=O) groups is 1. The monoisotopic (exact) mass is 302 g/mol. The first kappa shape index (κ1) is 17.2. The molecule has 1 fully saturated rings. The van der Waals surface area contributed by atoms with E-state index < -0.39 is 0 Å². The van der Waals surface area contributed by atoms with Gasteiger partial charge in [-0.25, -0.2) is 0 Å². The predicted octanol–water partition coefficient (Wildman–Crippen LogP) is 3.75. The quantitative estimate of drug-likeness (QED) is 0.593. The standard InChI is InChI=1S/C18H27BO3/c1-6-17(7-2)18(8-3,9-4)22-19(21-17)16-12-10-15(11-13-16)14(5)20/h10-13H,6-9H2,1-5H3. The Kier molecular flexibility index (Phi) is 5.13. The summed E-state index contributed by atoms with van der Waals surface area (Å²) in [6, 6.07) is 7.58. The molecule has 0 spiro atoms. The molecule has 1 aliphatic rings. The van der Waals surface area contributed by atoms with Crippen LogP contribution in [0.5, 0.6) is 0 Å². The minimum absolute atomic E-state index is 0.0766. The van der Waals surface area contributed by atoms with E-state index in [0.29, 0.717) is 0 Å². The lowest BCUT2D eigenvalue weighted by Crippen LogP contribution is -2.50. The molecular weight excluding hydrogens is 275 g/mol. The molecule has 4 heteroatoms. The summed E-state index contributed by atoms with van der Waals surface area (Å²) in [4.78, 5) is 11.4. The van der Waals surface area contributed by atoms with Gasteiger partial charge in [0.2, 0.25) is 0 Å². The number of hydrogen-bond acceptors (Lipinski definition) is 3. The van der Waals surface area contributed by atoms with E-state index in [9.17, 15) is 4.79 Å². The lowest BCUT2D eigenvalue weighted by atomic mass is 9.75. The van der Waals surface area contributed by atoms with Gasteiger partial charge in [-0.05, 0) is 38.1 Å². The summed E-state index contributed by atoms with van der Waals surface area (Å²) in [7, 11) is -0.346. The number of carbonyl (C=O) groups excluding carboxylic acids is 1. The summed E-state index contributed by atoms with van der Waals surface area (Å²) >= 11 is 0. The number of hydrogen-bond donors (Lipinski definition) is 0. The van der Waals surface area contributed by atoms with Crippen molar-refractivity contribution in [3.8, 4) is 0 Å². The summed E-state index contributed by atoms with van der Waals surface area (Å²) in [5, 5.41) is 0. The van der Waals surface area contributed by atoms with Crippen LogP contribution in [0.3, 0.4) is 0 Å². The van der Waals surface area contributed by atoms with E-state index in [0.717, 1.165) is 36.7 Å². The Bertz CT molecular complexity index is 496. The molecule has 0 amide bonds. The highest BCUT2D eigenvalue weighted by atomic mass is 16.7. The van der Waals surface area contributed by atoms with Crippen molar-refractivity contribution in [1.82, 2.24) is 0 Å². The first-order valence-electron chi connectivity index (χ1n) is 8.44. The van der Waals surface area contributed by atoms with Gasteiger partial charge in [-0.2, -0.15) is 0 Å². The lowest BCUT2D eigenvalue weighted by molar-refractivity contribution is -0.0601. The summed E-state index contributed by atoms with van der Waals surface area (Å²) in [6.45, 7) is 10.3. The van der Waals surface area contributed by atoms with Crippen LogP contribution in [-0.2, 0) is 9.31 Å². The number of ketones is 1. The fourth-order valence-corrected chi connectivity index (χ4v) is 3.78. The van der Waals surface area contributed by atoms with Crippen LogP contribution >= 0.6 is 0 Å². The van der Waals surface area contributed by atoms with E-state index in [1.807, 2.05) is 24.3 Å². The van der Waals surface area contributed by atoms with Gasteiger partial charge in [0.05, 0.1) is 11.2 Å². The van der Waals surface area contributed by atoms with Gasteiger partial charge < -0.3 is 9.31 Å². The predicted molar refractivity (Wildman–Crippen MR) is 90.6 cm³/mol. The molecule has 0 radical (unpaired) electrons. The fraction of sp³-hybridized carbons (Fsp3) is 0.611. The maximum Gasteiger partial charge on any atom is 0.494 e. The second-order valence-electron chi connectivity index (χ2n) is 6.15. The minimum atomic E-state index is -0.346. The molecule has 0 saturated carbocycles. The molecule has 0 N–H and O–H groups in total. The highest BCUT2D eigenvalue weighted by Gasteiger charge is 2.58. The molecule has 0 unspecified atom stereocenters. The molecule has 1 aromatic rings. The van der Waals surface area contributed by atoms with E-state index in [-0.39, 0.29) is 24.1 Å². The van der Waals surface area contributed by atoms with Crippen LogP contribution in [0, 0.1) is 0 Å². The molecular formula is C18H27BO3. The SMILES string of the molecule is CCC1(CC)OB(c2ccc(C(C)=O)cc2)OC1(CC)CC. The third-order valence-electron chi connectivity index (χ3n) is 5.37. The zero-order valence-electron chi connectivity index (χ0n) is 14.4. The van der Waals surface area contributed by atoms with Crippen LogP contribution in [0.2, 0.25) is 0 Å². The Hall–Kier alpha value is -1.13. The third-order valence-corrected chi connectivity index (χ3v) is 5.37. The molecule has 1 heterocycles. The van der Waals surface area contributed by atoms with Crippen molar-refractivity contribution < 1.29 is 14.1 Å². The second kappa shape index (κ2) is 6.55. The Balaban J connectivity index is 2.33. The smallest absolute Gasteiger partial charge is 0.399 e. The molecule has 1 saturated heterocycles. The van der Waals surface area contributed by atoms with Gasteiger partial charge in [-0.3, -0.25) is 4.79 Å². The highest BCUT2D eigenvalue weighted by molar-refractivity contribution is 6.62. The largest absolute Gasteiger partial charge is 0.494 e. The van der Waals surface area contributed by atoms with E-state index in [2.05, 4.69) is 27.7 Å². The number of Topliss-reactive ketones (excluding diaryl/α,β-unsaturated/α-hetero) is 1.